The predicted octanol–water partition coefficient (Wildman–Crippen LogP) is 1.66. The van der Waals surface area contributed by atoms with Crippen molar-refractivity contribution in [1.82, 2.24) is 9.97 Å². The molecule has 0 unspecified atom stereocenters. The van der Waals surface area contributed by atoms with Crippen LogP contribution in [0.15, 0.2) is 18.3 Å². The van der Waals surface area contributed by atoms with E-state index < -0.39 is 0 Å². The number of aryl methyl sites for hydroxylation is 1. The first-order chi connectivity index (χ1) is 6.74. The van der Waals surface area contributed by atoms with Gasteiger partial charge in [-0.15, -0.1) is 0 Å². The van der Waals surface area contributed by atoms with Crippen molar-refractivity contribution in [1.29, 1.82) is 0 Å². The van der Waals surface area contributed by atoms with Gasteiger partial charge in [0, 0.05) is 11.6 Å². The van der Waals surface area contributed by atoms with Crippen LogP contribution in [0.1, 0.15) is 16.1 Å². The van der Waals surface area contributed by atoms with Crippen LogP contribution in [-0.2, 0) is 4.74 Å². The van der Waals surface area contributed by atoms with Gasteiger partial charge in [0.05, 0.1) is 7.11 Å². The molecule has 1 N–H and O–H groups in total. The number of aromatic nitrogens is 2. The van der Waals surface area contributed by atoms with Crippen LogP contribution in [0.2, 0.25) is 0 Å². The van der Waals surface area contributed by atoms with Gasteiger partial charge < -0.3 is 9.72 Å². The molecule has 2 rings (SSSR count). The van der Waals surface area contributed by atoms with Crippen LogP contribution in [0.3, 0.4) is 0 Å². The van der Waals surface area contributed by atoms with E-state index >= 15 is 0 Å². The molecule has 0 spiro atoms. The van der Waals surface area contributed by atoms with Gasteiger partial charge >= 0.3 is 5.97 Å². The van der Waals surface area contributed by atoms with E-state index in [1.165, 1.54) is 7.11 Å². The average molecular weight is 190 g/mol. The van der Waals surface area contributed by atoms with Crippen LogP contribution < -0.4 is 0 Å². The first-order valence-corrected chi connectivity index (χ1v) is 4.25. The minimum Gasteiger partial charge on any atom is -0.464 e. The maximum absolute atomic E-state index is 11.3. The number of H-pyrrole nitrogens is 1. The Kier molecular flexibility index (Phi) is 1.96. The molecule has 4 nitrogen and oxygen atoms in total. The highest BCUT2D eigenvalue weighted by atomic mass is 16.5. The van der Waals surface area contributed by atoms with E-state index in [-0.39, 0.29) is 5.97 Å². The highest BCUT2D eigenvalue weighted by Gasteiger charge is 2.14. The summed E-state index contributed by atoms with van der Waals surface area (Å²) in [5.74, 6) is -0.361. The number of aromatic amines is 1. The normalized spacial score (nSPS) is 10.4. The van der Waals surface area contributed by atoms with Crippen molar-refractivity contribution in [2.24, 2.45) is 0 Å². The zero-order chi connectivity index (χ0) is 10.1. The number of nitrogens with zero attached hydrogens (tertiary/aromatic N) is 1. The van der Waals surface area contributed by atoms with E-state index in [9.17, 15) is 4.79 Å². The van der Waals surface area contributed by atoms with Gasteiger partial charge in [-0.2, -0.15) is 0 Å². The summed E-state index contributed by atoms with van der Waals surface area (Å²) in [5.41, 5.74) is 2.06. The van der Waals surface area contributed by atoms with Gasteiger partial charge in [-0.3, -0.25) is 0 Å². The fourth-order valence-electron chi connectivity index (χ4n) is 1.46. The molecule has 2 aromatic heterocycles. The lowest BCUT2D eigenvalue weighted by atomic mass is 10.2. The van der Waals surface area contributed by atoms with Crippen molar-refractivity contribution in [3.8, 4) is 0 Å². The molecule has 4 heteroatoms. The summed E-state index contributed by atoms with van der Waals surface area (Å²) in [5, 5.41) is 0.952. The van der Waals surface area contributed by atoms with Crippen LogP contribution in [0.4, 0.5) is 0 Å². The molecule has 0 saturated carbocycles. The number of pyridine rings is 1. The molecule has 14 heavy (non-hydrogen) atoms. The largest absolute Gasteiger partial charge is 0.464 e. The fourth-order valence-corrected chi connectivity index (χ4v) is 1.46. The summed E-state index contributed by atoms with van der Waals surface area (Å²) >= 11 is 0. The molecule has 0 aliphatic heterocycles. The van der Waals surface area contributed by atoms with Crippen molar-refractivity contribution in [3.63, 3.8) is 0 Å². The predicted molar refractivity (Wildman–Crippen MR) is 52.2 cm³/mol. The molecular formula is C10H10N2O2. The second-order valence-electron chi connectivity index (χ2n) is 3.02. The smallest absolute Gasteiger partial charge is 0.354 e. The lowest BCUT2D eigenvalue weighted by Gasteiger charge is -1.95. The molecule has 2 heterocycles. The molecule has 0 aromatic carbocycles. The zero-order valence-electron chi connectivity index (χ0n) is 8.00. The Morgan fingerprint density at radius 1 is 1.57 bits per heavy atom. The van der Waals surface area contributed by atoms with Crippen molar-refractivity contribution in [3.05, 3.63) is 29.6 Å². The van der Waals surface area contributed by atoms with E-state index in [0.717, 1.165) is 10.9 Å². The van der Waals surface area contributed by atoms with Crippen LogP contribution in [0, 0.1) is 6.92 Å². The number of hydrogen-bond donors (Lipinski definition) is 1. The van der Waals surface area contributed by atoms with Crippen LogP contribution >= 0.6 is 0 Å². The number of fused-ring (bicyclic) bond motifs is 1. The molecule has 0 saturated heterocycles. The third-order valence-electron chi connectivity index (χ3n) is 2.22. The topological polar surface area (TPSA) is 55.0 Å². The van der Waals surface area contributed by atoms with Gasteiger partial charge in [-0.05, 0) is 24.6 Å². The lowest BCUT2D eigenvalue weighted by molar-refractivity contribution is 0.0594. The Balaban J connectivity index is 2.68. The summed E-state index contributed by atoms with van der Waals surface area (Å²) in [6.07, 6.45) is 1.68. The Morgan fingerprint density at radius 3 is 3.00 bits per heavy atom. The molecular weight excluding hydrogens is 180 g/mol. The molecule has 0 aliphatic carbocycles. The number of hydrogen-bond acceptors (Lipinski definition) is 3. The van der Waals surface area contributed by atoms with Gasteiger partial charge in [0.25, 0.3) is 0 Å². The Hall–Kier alpha value is -1.84. The molecule has 0 fully saturated rings. The number of carbonyl (C=O) groups is 1. The van der Waals surface area contributed by atoms with E-state index in [4.69, 9.17) is 0 Å². The number of rotatable bonds is 1. The van der Waals surface area contributed by atoms with E-state index in [1.54, 1.807) is 6.20 Å². The summed E-state index contributed by atoms with van der Waals surface area (Å²) < 4.78 is 4.65. The second kappa shape index (κ2) is 3.14. The summed E-state index contributed by atoms with van der Waals surface area (Å²) in [6.45, 7) is 1.87. The van der Waals surface area contributed by atoms with E-state index in [2.05, 4.69) is 14.7 Å². The highest BCUT2D eigenvalue weighted by Crippen LogP contribution is 2.19. The molecule has 0 atom stereocenters. The number of ether oxygens (including phenoxy) is 1. The standard InChI is InChI=1S/C10H10N2O2/c1-6-7-4-3-5-11-9(7)12-8(6)10(13)14-2/h3-5H,1-2H3,(H,11,12). The van der Waals surface area contributed by atoms with Gasteiger partial charge in [0.2, 0.25) is 0 Å². The summed E-state index contributed by atoms with van der Waals surface area (Å²) in [7, 11) is 1.36. The van der Waals surface area contributed by atoms with Gasteiger partial charge in [0.15, 0.2) is 0 Å². The third kappa shape index (κ3) is 1.16. The Morgan fingerprint density at radius 2 is 2.36 bits per heavy atom. The maximum Gasteiger partial charge on any atom is 0.354 e. The first-order valence-electron chi connectivity index (χ1n) is 4.25. The molecule has 0 amide bonds. The number of carbonyl (C=O) groups excluding carboxylic acids is 1. The molecule has 72 valence electrons. The SMILES string of the molecule is COC(=O)c1[nH]c2ncccc2c1C. The van der Waals surface area contributed by atoms with E-state index in [0.29, 0.717) is 11.3 Å². The fraction of sp³-hybridized carbons (Fsp3) is 0.200. The summed E-state index contributed by atoms with van der Waals surface area (Å²) in [6, 6.07) is 3.75. The maximum atomic E-state index is 11.3. The quantitative estimate of drug-likeness (QED) is 0.696. The minimum absolute atomic E-state index is 0.361. The average Bonchev–Trinajstić information content (AvgIpc) is 2.56. The third-order valence-corrected chi connectivity index (χ3v) is 2.22. The van der Waals surface area contributed by atoms with Crippen molar-refractivity contribution in [2.45, 2.75) is 6.92 Å². The minimum atomic E-state index is -0.361. The summed E-state index contributed by atoms with van der Waals surface area (Å²) in [4.78, 5) is 18.4. The van der Waals surface area contributed by atoms with E-state index in [1.807, 2.05) is 19.1 Å². The van der Waals surface area contributed by atoms with Crippen LogP contribution in [0.25, 0.3) is 11.0 Å². The van der Waals surface area contributed by atoms with Crippen LogP contribution in [-0.4, -0.2) is 23.0 Å². The monoisotopic (exact) mass is 190 g/mol. The van der Waals surface area contributed by atoms with Crippen LogP contribution in [0.5, 0.6) is 0 Å². The molecule has 0 aliphatic rings. The van der Waals surface area contributed by atoms with Crippen molar-refractivity contribution < 1.29 is 9.53 Å². The lowest BCUT2D eigenvalue weighted by Crippen LogP contribution is -2.02. The number of nitrogens with one attached hydrogen (secondary N) is 1. The van der Waals surface area contributed by atoms with Gasteiger partial charge in [-0.25, -0.2) is 9.78 Å². The number of esters is 1. The molecule has 0 radical (unpaired) electrons. The first kappa shape index (κ1) is 8.74. The Bertz CT molecular complexity index is 488. The number of methoxy groups -OCH3 is 1. The van der Waals surface area contributed by atoms with Crippen molar-refractivity contribution >= 4 is 17.0 Å². The van der Waals surface area contributed by atoms with Gasteiger partial charge in [-0.1, -0.05) is 0 Å². The second-order valence-corrected chi connectivity index (χ2v) is 3.02. The molecule has 0 bridgehead atoms. The van der Waals surface area contributed by atoms with Crippen molar-refractivity contribution in [2.75, 3.05) is 7.11 Å². The zero-order valence-corrected chi connectivity index (χ0v) is 8.00. The molecule has 2 aromatic rings. The highest BCUT2D eigenvalue weighted by molar-refractivity contribution is 5.96. The van der Waals surface area contributed by atoms with Gasteiger partial charge in [0.1, 0.15) is 11.3 Å². The Labute approximate surface area is 80.9 Å².